The summed E-state index contributed by atoms with van der Waals surface area (Å²) in [6, 6.07) is 8.82. The molecule has 1 aromatic carbocycles. The van der Waals surface area contributed by atoms with Crippen molar-refractivity contribution >= 4 is 64.6 Å². The second-order valence-electron chi connectivity index (χ2n) is 4.83. The van der Waals surface area contributed by atoms with Gasteiger partial charge in [-0.2, -0.15) is 0 Å². The Hall–Kier alpha value is -0.200. The summed E-state index contributed by atoms with van der Waals surface area (Å²) in [6.07, 6.45) is 1.13. The van der Waals surface area contributed by atoms with E-state index in [-0.39, 0.29) is 6.04 Å². The first-order chi connectivity index (χ1) is 10.2. The Morgan fingerprint density at radius 2 is 2.00 bits per heavy atom. The normalized spacial score (nSPS) is 12.9. The van der Waals surface area contributed by atoms with Crippen LogP contribution >= 0.6 is 54.5 Å². The lowest BCUT2D eigenvalue weighted by Crippen LogP contribution is -2.22. The van der Waals surface area contributed by atoms with E-state index in [2.05, 4.69) is 79.1 Å². The second kappa shape index (κ2) is 6.92. The fourth-order valence-electron chi connectivity index (χ4n) is 2.41. The largest absolute Gasteiger partial charge is 0.306 e. The first-order valence-electron chi connectivity index (χ1n) is 6.84. The van der Waals surface area contributed by atoms with E-state index in [4.69, 9.17) is 0 Å². The van der Waals surface area contributed by atoms with Crippen LogP contribution in [0.1, 0.15) is 29.8 Å². The van der Waals surface area contributed by atoms with E-state index in [1.807, 2.05) is 11.3 Å². The quantitative estimate of drug-likeness (QED) is 0.468. The summed E-state index contributed by atoms with van der Waals surface area (Å²) in [7, 11) is 0. The number of halogens is 2. The zero-order valence-corrected chi connectivity index (χ0v) is 16.3. The van der Waals surface area contributed by atoms with Crippen LogP contribution in [-0.4, -0.2) is 6.54 Å². The first-order valence-corrected chi connectivity index (χ1v) is 10.2. The fraction of sp³-hybridized carbons (Fsp3) is 0.250. The maximum Gasteiger partial charge on any atom is 0.0696 e. The molecule has 1 nitrogen and oxygen atoms in total. The standard InChI is InChI=1S/C16H15Br2NS2/c1-2-7-19-14(16-13(18)6-8-20-16)11-9-21-15-10(11)4-3-5-12(15)17/h3-6,8-9,14,19H,2,7H2,1H3. The summed E-state index contributed by atoms with van der Waals surface area (Å²) in [4.78, 5) is 1.35. The highest BCUT2D eigenvalue weighted by Gasteiger charge is 2.21. The molecule has 0 saturated heterocycles. The minimum absolute atomic E-state index is 0.252. The van der Waals surface area contributed by atoms with Crippen LogP contribution in [0.2, 0.25) is 0 Å². The highest BCUT2D eigenvalue weighted by Crippen LogP contribution is 2.40. The van der Waals surface area contributed by atoms with E-state index in [0.29, 0.717) is 0 Å². The molecule has 1 atom stereocenters. The first kappa shape index (κ1) is 15.7. The van der Waals surface area contributed by atoms with Crippen molar-refractivity contribution in [3.05, 3.63) is 54.4 Å². The summed E-state index contributed by atoms with van der Waals surface area (Å²) in [5.74, 6) is 0. The van der Waals surface area contributed by atoms with Gasteiger partial charge in [-0.15, -0.1) is 22.7 Å². The van der Waals surface area contributed by atoms with Crippen molar-refractivity contribution < 1.29 is 0 Å². The van der Waals surface area contributed by atoms with Crippen LogP contribution in [-0.2, 0) is 0 Å². The van der Waals surface area contributed by atoms with Crippen LogP contribution in [0.3, 0.4) is 0 Å². The Morgan fingerprint density at radius 3 is 2.71 bits per heavy atom. The van der Waals surface area contributed by atoms with Crippen LogP contribution in [0.15, 0.2) is 44.0 Å². The van der Waals surface area contributed by atoms with Crippen LogP contribution in [0.25, 0.3) is 10.1 Å². The number of nitrogens with one attached hydrogen (secondary N) is 1. The average molecular weight is 445 g/mol. The van der Waals surface area contributed by atoms with Gasteiger partial charge in [0.1, 0.15) is 0 Å². The molecule has 0 fully saturated rings. The van der Waals surface area contributed by atoms with E-state index in [0.717, 1.165) is 13.0 Å². The van der Waals surface area contributed by atoms with E-state index in [9.17, 15) is 0 Å². The van der Waals surface area contributed by atoms with Gasteiger partial charge in [-0.3, -0.25) is 0 Å². The lowest BCUT2D eigenvalue weighted by molar-refractivity contribution is 0.608. The SMILES string of the molecule is CCCNC(c1sccc1Br)c1csc2c(Br)cccc12. The van der Waals surface area contributed by atoms with E-state index in [1.54, 1.807) is 11.3 Å². The molecule has 0 aliphatic rings. The molecular weight excluding hydrogens is 430 g/mol. The van der Waals surface area contributed by atoms with Crippen LogP contribution in [0, 0.1) is 0 Å². The predicted octanol–water partition coefficient (Wildman–Crippen LogP) is 6.58. The van der Waals surface area contributed by atoms with Gasteiger partial charge in [0.2, 0.25) is 0 Å². The zero-order chi connectivity index (χ0) is 14.8. The Morgan fingerprint density at radius 1 is 1.14 bits per heavy atom. The third kappa shape index (κ3) is 3.13. The molecule has 1 N–H and O–H groups in total. The summed E-state index contributed by atoms with van der Waals surface area (Å²) >= 11 is 11.0. The van der Waals surface area contributed by atoms with Gasteiger partial charge in [-0.25, -0.2) is 0 Å². The maximum absolute atomic E-state index is 3.70. The predicted molar refractivity (Wildman–Crippen MR) is 102 cm³/mol. The number of fused-ring (bicyclic) bond motifs is 1. The van der Waals surface area contributed by atoms with Gasteiger partial charge in [-0.1, -0.05) is 19.1 Å². The molecule has 110 valence electrons. The van der Waals surface area contributed by atoms with E-state index >= 15 is 0 Å². The molecule has 0 aliphatic carbocycles. The topological polar surface area (TPSA) is 12.0 Å². The Balaban J connectivity index is 2.10. The van der Waals surface area contributed by atoms with Crippen LogP contribution < -0.4 is 5.32 Å². The highest BCUT2D eigenvalue weighted by molar-refractivity contribution is 9.11. The third-order valence-electron chi connectivity index (χ3n) is 3.40. The molecule has 1 unspecified atom stereocenters. The molecule has 0 amide bonds. The number of hydrogen-bond donors (Lipinski definition) is 1. The van der Waals surface area contributed by atoms with Gasteiger partial charge < -0.3 is 5.32 Å². The lowest BCUT2D eigenvalue weighted by atomic mass is 10.0. The minimum Gasteiger partial charge on any atom is -0.306 e. The second-order valence-corrected chi connectivity index (χ2v) is 8.36. The Labute approximate surface area is 149 Å². The summed E-state index contributed by atoms with van der Waals surface area (Å²) in [6.45, 7) is 3.22. The average Bonchev–Trinajstić information content (AvgIpc) is 3.08. The van der Waals surface area contributed by atoms with E-state index < -0.39 is 0 Å². The molecule has 2 aromatic heterocycles. The fourth-order valence-corrected chi connectivity index (χ4v) is 5.75. The van der Waals surface area contributed by atoms with Crippen molar-refractivity contribution in [1.82, 2.24) is 5.32 Å². The Kier molecular flexibility index (Phi) is 5.17. The molecule has 3 rings (SSSR count). The maximum atomic E-state index is 3.70. The lowest BCUT2D eigenvalue weighted by Gasteiger charge is -2.18. The molecule has 0 aliphatic heterocycles. The van der Waals surface area contributed by atoms with Gasteiger partial charge in [0.15, 0.2) is 0 Å². The molecule has 0 spiro atoms. The zero-order valence-electron chi connectivity index (χ0n) is 11.5. The number of benzene rings is 1. The molecule has 5 heteroatoms. The molecule has 0 saturated carbocycles. The smallest absolute Gasteiger partial charge is 0.0696 e. The molecule has 3 aromatic rings. The molecule has 21 heavy (non-hydrogen) atoms. The van der Waals surface area contributed by atoms with Crippen molar-refractivity contribution in [3.8, 4) is 0 Å². The Bertz CT molecular complexity index is 748. The van der Waals surface area contributed by atoms with Crippen molar-refractivity contribution in [2.45, 2.75) is 19.4 Å². The van der Waals surface area contributed by atoms with Crippen molar-refractivity contribution in [3.63, 3.8) is 0 Å². The molecular formula is C16H15Br2NS2. The number of rotatable bonds is 5. The van der Waals surface area contributed by atoms with Crippen molar-refractivity contribution in [2.24, 2.45) is 0 Å². The van der Waals surface area contributed by atoms with Gasteiger partial charge in [0, 0.05) is 18.5 Å². The summed E-state index contributed by atoms with van der Waals surface area (Å²) in [5.41, 5.74) is 1.37. The van der Waals surface area contributed by atoms with Crippen molar-refractivity contribution in [2.75, 3.05) is 6.54 Å². The molecule has 2 heterocycles. The minimum atomic E-state index is 0.252. The molecule has 0 radical (unpaired) electrons. The summed E-state index contributed by atoms with van der Waals surface area (Å²) < 4.78 is 3.69. The highest BCUT2D eigenvalue weighted by atomic mass is 79.9. The van der Waals surface area contributed by atoms with Crippen molar-refractivity contribution in [1.29, 1.82) is 0 Å². The van der Waals surface area contributed by atoms with Gasteiger partial charge >= 0.3 is 0 Å². The molecule has 0 bridgehead atoms. The monoisotopic (exact) mass is 443 g/mol. The van der Waals surface area contributed by atoms with Gasteiger partial charge in [-0.05, 0) is 78.7 Å². The van der Waals surface area contributed by atoms with Crippen LogP contribution in [0.5, 0.6) is 0 Å². The number of hydrogen-bond acceptors (Lipinski definition) is 3. The third-order valence-corrected chi connectivity index (χ3v) is 7.30. The van der Waals surface area contributed by atoms with Gasteiger partial charge in [0.05, 0.1) is 6.04 Å². The number of thiophene rings is 2. The van der Waals surface area contributed by atoms with Gasteiger partial charge in [0.25, 0.3) is 0 Å². The van der Waals surface area contributed by atoms with Crippen LogP contribution in [0.4, 0.5) is 0 Å². The van der Waals surface area contributed by atoms with E-state index in [1.165, 1.54) is 29.5 Å². The summed E-state index contributed by atoms with van der Waals surface area (Å²) in [5, 5.41) is 9.46.